The highest BCUT2D eigenvalue weighted by Crippen LogP contribution is 2.30. The number of carbonyl (C=O) groups excluding carboxylic acids is 1. The molecule has 1 atom stereocenters. The van der Waals surface area contributed by atoms with Gasteiger partial charge < -0.3 is 15.7 Å². The Bertz CT molecular complexity index is 1430. The lowest BCUT2D eigenvalue weighted by atomic mass is 10.0. The standard InChI is InChI=1S/C23H18ClF6N5O4/c24-16-6-4-13(5-7-16)19-33-35(21(39)34(19)9-8-22(25,26)27)12-18(36)32-17(11-31-20(37)38)14-2-1-3-15(10-14)23(28,29)30/h1-10,17,31H,11-12H2,(H,32,36)(H,37,38). The maximum Gasteiger partial charge on any atom is 0.416 e. The lowest BCUT2D eigenvalue weighted by Gasteiger charge is -2.20. The third-order valence-electron chi connectivity index (χ3n) is 5.09. The summed E-state index contributed by atoms with van der Waals surface area (Å²) in [5, 5.41) is 17.4. The Morgan fingerprint density at radius 3 is 2.33 bits per heavy atom. The van der Waals surface area contributed by atoms with Crippen LogP contribution in [0.3, 0.4) is 0 Å². The van der Waals surface area contributed by atoms with Crippen LogP contribution in [0.25, 0.3) is 17.6 Å². The van der Waals surface area contributed by atoms with Gasteiger partial charge >= 0.3 is 24.1 Å². The maximum absolute atomic E-state index is 13.1. The Balaban J connectivity index is 1.93. The summed E-state index contributed by atoms with van der Waals surface area (Å²) in [6, 6.07) is 8.07. The molecule has 0 saturated carbocycles. The second-order valence-corrected chi connectivity index (χ2v) is 8.36. The van der Waals surface area contributed by atoms with Crippen molar-refractivity contribution in [2.75, 3.05) is 6.54 Å². The van der Waals surface area contributed by atoms with Crippen LogP contribution < -0.4 is 16.3 Å². The molecule has 2 amide bonds. The number of aromatic nitrogens is 3. The Morgan fingerprint density at radius 1 is 1.08 bits per heavy atom. The molecule has 1 aromatic heterocycles. The van der Waals surface area contributed by atoms with E-state index in [0.29, 0.717) is 20.5 Å². The first-order valence-electron chi connectivity index (χ1n) is 10.8. The van der Waals surface area contributed by atoms with Gasteiger partial charge in [-0.25, -0.2) is 18.8 Å². The van der Waals surface area contributed by atoms with Crippen LogP contribution >= 0.6 is 11.6 Å². The molecule has 2 aromatic carbocycles. The number of hydrogen-bond acceptors (Lipinski definition) is 4. The molecule has 0 bridgehead atoms. The molecule has 0 aliphatic heterocycles. The number of alkyl halides is 6. The first kappa shape index (κ1) is 29.3. The lowest BCUT2D eigenvalue weighted by Crippen LogP contribution is -2.40. The SMILES string of the molecule is O=C(O)NCC(NC(=O)Cn1nc(-c2ccc(Cl)cc2)n(C=CC(F)(F)F)c1=O)c1cccc(C(F)(F)F)c1. The van der Waals surface area contributed by atoms with E-state index in [1.165, 1.54) is 30.3 Å². The maximum atomic E-state index is 13.1. The van der Waals surface area contributed by atoms with E-state index in [4.69, 9.17) is 16.7 Å². The molecule has 9 nitrogen and oxygen atoms in total. The molecular weight excluding hydrogens is 560 g/mol. The van der Waals surface area contributed by atoms with Crippen molar-refractivity contribution in [2.24, 2.45) is 0 Å². The van der Waals surface area contributed by atoms with Gasteiger partial charge in [0.05, 0.1) is 11.6 Å². The molecule has 208 valence electrons. The third-order valence-corrected chi connectivity index (χ3v) is 5.34. The Hall–Kier alpha value is -4.27. The van der Waals surface area contributed by atoms with Gasteiger partial charge in [-0.1, -0.05) is 23.7 Å². The van der Waals surface area contributed by atoms with E-state index in [0.717, 1.165) is 18.2 Å². The number of benzene rings is 2. The molecule has 0 aliphatic carbocycles. The Kier molecular flexibility index (Phi) is 8.74. The van der Waals surface area contributed by atoms with Gasteiger partial charge in [-0.15, -0.1) is 5.10 Å². The predicted octanol–water partition coefficient (Wildman–Crippen LogP) is 4.54. The number of nitrogens with zero attached hydrogens (tertiary/aromatic N) is 3. The van der Waals surface area contributed by atoms with Gasteiger partial charge in [0, 0.05) is 29.4 Å². The number of allylic oxidation sites excluding steroid dienone is 1. The number of nitrogens with one attached hydrogen (secondary N) is 2. The molecule has 1 unspecified atom stereocenters. The molecule has 0 fully saturated rings. The van der Waals surface area contributed by atoms with Gasteiger partial charge in [0.2, 0.25) is 5.91 Å². The zero-order valence-electron chi connectivity index (χ0n) is 19.4. The predicted molar refractivity (Wildman–Crippen MR) is 127 cm³/mol. The summed E-state index contributed by atoms with van der Waals surface area (Å²) in [6.07, 6.45) is -10.8. The third kappa shape index (κ3) is 8.10. The van der Waals surface area contributed by atoms with Gasteiger partial charge in [-0.05, 0) is 42.0 Å². The number of hydrogen-bond donors (Lipinski definition) is 3. The number of amides is 2. The molecule has 3 aromatic rings. The number of carboxylic acid groups (broad SMARTS) is 1. The highest BCUT2D eigenvalue weighted by Gasteiger charge is 2.31. The second kappa shape index (κ2) is 11.6. The van der Waals surface area contributed by atoms with E-state index < -0.39 is 54.7 Å². The minimum Gasteiger partial charge on any atom is -0.465 e. The fraction of sp³-hybridized carbons (Fsp3) is 0.217. The fourth-order valence-corrected chi connectivity index (χ4v) is 3.49. The largest absolute Gasteiger partial charge is 0.465 e. The van der Waals surface area contributed by atoms with Crippen molar-refractivity contribution in [1.82, 2.24) is 25.0 Å². The van der Waals surface area contributed by atoms with Crippen LogP contribution in [0.5, 0.6) is 0 Å². The minimum atomic E-state index is -4.77. The summed E-state index contributed by atoms with van der Waals surface area (Å²) in [6.45, 7) is -1.38. The molecule has 16 heteroatoms. The first-order chi connectivity index (χ1) is 18.1. The van der Waals surface area contributed by atoms with Crippen LogP contribution in [0.15, 0.2) is 59.4 Å². The van der Waals surface area contributed by atoms with Gasteiger partial charge in [-0.3, -0.25) is 4.79 Å². The Morgan fingerprint density at radius 2 is 1.74 bits per heavy atom. The van der Waals surface area contributed by atoms with Crippen molar-refractivity contribution >= 4 is 29.8 Å². The topological polar surface area (TPSA) is 118 Å². The highest BCUT2D eigenvalue weighted by molar-refractivity contribution is 6.30. The zero-order valence-corrected chi connectivity index (χ0v) is 20.2. The van der Waals surface area contributed by atoms with Gasteiger partial charge in [0.1, 0.15) is 6.54 Å². The second-order valence-electron chi connectivity index (χ2n) is 7.93. The summed E-state index contributed by atoms with van der Waals surface area (Å²) < 4.78 is 78.9. The summed E-state index contributed by atoms with van der Waals surface area (Å²) in [5.41, 5.74) is -2.08. The molecule has 1 heterocycles. The van der Waals surface area contributed by atoms with Crippen LogP contribution in [0.4, 0.5) is 31.1 Å². The van der Waals surface area contributed by atoms with E-state index in [-0.39, 0.29) is 23.0 Å². The number of halogens is 7. The zero-order chi connectivity index (χ0) is 29.0. The monoisotopic (exact) mass is 577 g/mol. The van der Waals surface area contributed by atoms with Gasteiger partial charge in [0.25, 0.3) is 0 Å². The molecule has 0 spiro atoms. The molecule has 0 saturated heterocycles. The van der Waals surface area contributed by atoms with Crippen LogP contribution in [-0.4, -0.2) is 44.2 Å². The number of carbonyl (C=O) groups is 2. The summed E-state index contributed by atoms with van der Waals surface area (Å²) >= 11 is 5.83. The highest BCUT2D eigenvalue weighted by atomic mass is 35.5. The van der Waals surface area contributed by atoms with Crippen LogP contribution in [0.1, 0.15) is 17.2 Å². The van der Waals surface area contributed by atoms with Crippen molar-refractivity contribution in [2.45, 2.75) is 24.9 Å². The average molecular weight is 578 g/mol. The molecule has 3 rings (SSSR count). The molecule has 3 N–H and O–H groups in total. The van der Waals surface area contributed by atoms with E-state index in [2.05, 4.69) is 10.4 Å². The van der Waals surface area contributed by atoms with Crippen molar-refractivity contribution < 1.29 is 41.0 Å². The molecule has 39 heavy (non-hydrogen) atoms. The van der Waals surface area contributed by atoms with Crippen LogP contribution in [-0.2, 0) is 17.5 Å². The Labute approximate surface area is 220 Å². The molecule has 0 radical (unpaired) electrons. The van der Waals surface area contributed by atoms with Crippen LogP contribution in [0, 0.1) is 0 Å². The average Bonchev–Trinajstić information content (AvgIpc) is 3.14. The van der Waals surface area contributed by atoms with Crippen LogP contribution in [0.2, 0.25) is 5.02 Å². The molecular formula is C23H18ClF6N5O4. The van der Waals surface area contributed by atoms with Crippen molar-refractivity contribution in [1.29, 1.82) is 0 Å². The van der Waals surface area contributed by atoms with E-state index >= 15 is 0 Å². The van der Waals surface area contributed by atoms with Crippen molar-refractivity contribution in [3.63, 3.8) is 0 Å². The summed E-state index contributed by atoms with van der Waals surface area (Å²) in [7, 11) is 0. The smallest absolute Gasteiger partial charge is 0.416 e. The van der Waals surface area contributed by atoms with E-state index in [9.17, 15) is 40.7 Å². The van der Waals surface area contributed by atoms with Gasteiger partial charge in [0.15, 0.2) is 5.82 Å². The summed E-state index contributed by atoms with van der Waals surface area (Å²) in [4.78, 5) is 36.5. The molecule has 0 aliphatic rings. The first-order valence-corrected chi connectivity index (χ1v) is 11.2. The van der Waals surface area contributed by atoms with Crippen molar-refractivity contribution in [3.05, 3.63) is 81.2 Å². The van der Waals surface area contributed by atoms with Crippen molar-refractivity contribution in [3.8, 4) is 11.4 Å². The number of rotatable bonds is 8. The fourth-order valence-electron chi connectivity index (χ4n) is 3.36. The van der Waals surface area contributed by atoms with E-state index in [1.807, 2.05) is 5.32 Å². The normalized spacial score (nSPS) is 12.9. The van der Waals surface area contributed by atoms with Gasteiger partial charge in [-0.2, -0.15) is 26.3 Å². The minimum absolute atomic E-state index is 0.0974. The quantitative estimate of drug-likeness (QED) is 0.340. The van der Waals surface area contributed by atoms with E-state index in [1.54, 1.807) is 0 Å². The lowest BCUT2D eigenvalue weighted by molar-refractivity contribution is -0.137. The summed E-state index contributed by atoms with van der Waals surface area (Å²) in [5.74, 6) is -1.24.